The van der Waals surface area contributed by atoms with Gasteiger partial charge in [-0.05, 0) is 23.8 Å². The van der Waals surface area contributed by atoms with Crippen LogP contribution in [0.15, 0.2) is 42.7 Å². The molecule has 1 atom stereocenters. The molecule has 0 spiro atoms. The molecule has 0 amide bonds. The molecule has 0 saturated carbocycles. The SMILES string of the molecule is OC(CN1CC(c2ccc(Cl)c(Cl)c2)C1)c1cccnc1. The molecule has 1 N–H and O–H groups in total. The van der Waals surface area contributed by atoms with Gasteiger partial charge in [-0.1, -0.05) is 35.3 Å². The number of pyridine rings is 1. The van der Waals surface area contributed by atoms with Crippen LogP contribution in [0.1, 0.15) is 23.1 Å². The molecule has 3 nitrogen and oxygen atoms in total. The molecule has 2 aromatic rings. The summed E-state index contributed by atoms with van der Waals surface area (Å²) < 4.78 is 0. The summed E-state index contributed by atoms with van der Waals surface area (Å²) in [6, 6.07) is 9.53. The van der Waals surface area contributed by atoms with E-state index in [2.05, 4.69) is 9.88 Å². The molecule has 0 aliphatic carbocycles. The zero-order valence-electron chi connectivity index (χ0n) is 11.4. The van der Waals surface area contributed by atoms with Crippen molar-refractivity contribution in [3.05, 3.63) is 63.9 Å². The molecule has 2 heterocycles. The first kappa shape index (κ1) is 14.8. The molecule has 0 radical (unpaired) electrons. The van der Waals surface area contributed by atoms with Gasteiger partial charge in [0, 0.05) is 43.5 Å². The summed E-state index contributed by atoms with van der Waals surface area (Å²) >= 11 is 12.0. The number of halogens is 2. The first-order valence-corrected chi connectivity index (χ1v) is 7.64. The Morgan fingerprint density at radius 3 is 2.71 bits per heavy atom. The monoisotopic (exact) mass is 322 g/mol. The van der Waals surface area contributed by atoms with E-state index in [9.17, 15) is 5.11 Å². The normalized spacial score (nSPS) is 17.5. The van der Waals surface area contributed by atoms with Gasteiger partial charge in [-0.25, -0.2) is 0 Å². The predicted molar refractivity (Wildman–Crippen MR) is 84.8 cm³/mol. The topological polar surface area (TPSA) is 36.4 Å². The summed E-state index contributed by atoms with van der Waals surface area (Å²) in [5, 5.41) is 11.4. The molecule has 1 fully saturated rings. The van der Waals surface area contributed by atoms with Gasteiger partial charge in [0.15, 0.2) is 0 Å². The lowest BCUT2D eigenvalue weighted by Gasteiger charge is -2.40. The smallest absolute Gasteiger partial charge is 0.0931 e. The van der Waals surface area contributed by atoms with Gasteiger partial charge in [-0.2, -0.15) is 0 Å². The Balaban J connectivity index is 1.55. The summed E-state index contributed by atoms with van der Waals surface area (Å²) in [6.45, 7) is 2.48. The Morgan fingerprint density at radius 1 is 1.24 bits per heavy atom. The number of benzene rings is 1. The van der Waals surface area contributed by atoms with Gasteiger partial charge in [0.1, 0.15) is 0 Å². The third-order valence-corrected chi connectivity index (χ3v) is 4.61. The van der Waals surface area contributed by atoms with Crippen LogP contribution in [0.3, 0.4) is 0 Å². The highest BCUT2D eigenvalue weighted by Gasteiger charge is 2.29. The maximum Gasteiger partial charge on any atom is 0.0931 e. The molecule has 0 bridgehead atoms. The van der Waals surface area contributed by atoms with Crippen molar-refractivity contribution in [1.82, 2.24) is 9.88 Å². The maximum atomic E-state index is 10.2. The van der Waals surface area contributed by atoms with Gasteiger partial charge in [0.05, 0.1) is 16.1 Å². The Morgan fingerprint density at radius 2 is 2.05 bits per heavy atom. The van der Waals surface area contributed by atoms with E-state index >= 15 is 0 Å². The quantitative estimate of drug-likeness (QED) is 0.935. The van der Waals surface area contributed by atoms with E-state index in [0.717, 1.165) is 18.7 Å². The van der Waals surface area contributed by atoms with Crippen LogP contribution >= 0.6 is 23.2 Å². The van der Waals surface area contributed by atoms with Crippen LogP contribution in [0.25, 0.3) is 0 Å². The van der Waals surface area contributed by atoms with Gasteiger partial charge < -0.3 is 5.11 Å². The third kappa shape index (κ3) is 3.38. The summed E-state index contributed by atoms with van der Waals surface area (Å²) in [7, 11) is 0. The lowest BCUT2D eigenvalue weighted by molar-refractivity contribution is 0.0644. The van der Waals surface area contributed by atoms with E-state index in [1.54, 1.807) is 12.4 Å². The molecule has 1 aliphatic heterocycles. The highest BCUT2D eigenvalue weighted by atomic mass is 35.5. The van der Waals surface area contributed by atoms with Crippen molar-refractivity contribution in [2.75, 3.05) is 19.6 Å². The molecule has 1 saturated heterocycles. The van der Waals surface area contributed by atoms with Crippen LogP contribution in [0.5, 0.6) is 0 Å². The van der Waals surface area contributed by atoms with Gasteiger partial charge in [-0.3, -0.25) is 9.88 Å². The molecule has 1 aromatic heterocycles. The van der Waals surface area contributed by atoms with E-state index in [4.69, 9.17) is 23.2 Å². The van der Waals surface area contributed by atoms with Gasteiger partial charge >= 0.3 is 0 Å². The number of likely N-dealkylation sites (tertiary alicyclic amines) is 1. The number of aliphatic hydroxyl groups excluding tert-OH is 1. The first-order chi connectivity index (χ1) is 10.1. The van der Waals surface area contributed by atoms with Crippen molar-refractivity contribution in [2.24, 2.45) is 0 Å². The fourth-order valence-corrected chi connectivity index (χ4v) is 2.93. The third-order valence-electron chi connectivity index (χ3n) is 3.87. The van der Waals surface area contributed by atoms with E-state index in [1.807, 2.05) is 30.3 Å². The van der Waals surface area contributed by atoms with Crippen LogP contribution in [-0.4, -0.2) is 34.6 Å². The predicted octanol–water partition coefficient (Wildman–Crippen LogP) is 3.52. The van der Waals surface area contributed by atoms with Crippen molar-refractivity contribution in [1.29, 1.82) is 0 Å². The summed E-state index contributed by atoms with van der Waals surface area (Å²) in [4.78, 5) is 6.26. The Hall–Kier alpha value is -1.13. The van der Waals surface area contributed by atoms with E-state index in [0.29, 0.717) is 22.5 Å². The van der Waals surface area contributed by atoms with Crippen LogP contribution in [0.2, 0.25) is 10.0 Å². The Bertz CT molecular complexity index is 615. The lowest BCUT2D eigenvalue weighted by atomic mass is 9.91. The molecular formula is C16H16Cl2N2O. The maximum absolute atomic E-state index is 10.2. The van der Waals surface area contributed by atoms with Crippen molar-refractivity contribution in [2.45, 2.75) is 12.0 Å². The summed E-state index contributed by atoms with van der Waals surface area (Å²) in [5.74, 6) is 0.459. The zero-order chi connectivity index (χ0) is 14.8. The van der Waals surface area contributed by atoms with E-state index in [1.165, 1.54) is 5.56 Å². The van der Waals surface area contributed by atoms with E-state index in [-0.39, 0.29) is 0 Å². The number of nitrogens with zero attached hydrogens (tertiary/aromatic N) is 2. The van der Waals surface area contributed by atoms with Crippen LogP contribution in [0, 0.1) is 0 Å². The van der Waals surface area contributed by atoms with Crippen LogP contribution in [0.4, 0.5) is 0 Å². The average Bonchev–Trinajstić information content (AvgIpc) is 2.46. The number of hydrogen-bond acceptors (Lipinski definition) is 3. The number of β-amino-alcohol motifs (C(OH)–C–C–N with tert-alkyl or cyclic N) is 1. The van der Waals surface area contributed by atoms with Crippen molar-refractivity contribution in [3.8, 4) is 0 Å². The first-order valence-electron chi connectivity index (χ1n) is 6.89. The molecular weight excluding hydrogens is 307 g/mol. The highest BCUT2D eigenvalue weighted by Crippen LogP contribution is 2.32. The van der Waals surface area contributed by atoms with Gasteiger partial charge in [0.2, 0.25) is 0 Å². The standard InChI is InChI=1S/C16H16Cl2N2O/c17-14-4-3-11(6-15(14)18)13-8-20(9-13)10-16(21)12-2-1-5-19-7-12/h1-7,13,16,21H,8-10H2. The van der Waals surface area contributed by atoms with Crippen molar-refractivity contribution in [3.63, 3.8) is 0 Å². The molecule has 3 rings (SSSR count). The number of aromatic nitrogens is 1. The number of hydrogen-bond donors (Lipinski definition) is 1. The fraction of sp³-hybridized carbons (Fsp3) is 0.312. The largest absolute Gasteiger partial charge is 0.387 e. The van der Waals surface area contributed by atoms with Crippen LogP contribution < -0.4 is 0 Å². The molecule has 21 heavy (non-hydrogen) atoms. The Labute approximate surface area is 134 Å². The molecule has 110 valence electrons. The number of aliphatic hydroxyl groups is 1. The number of rotatable bonds is 4. The second-order valence-corrected chi connectivity index (χ2v) is 6.21. The molecule has 5 heteroatoms. The zero-order valence-corrected chi connectivity index (χ0v) is 12.9. The van der Waals surface area contributed by atoms with E-state index < -0.39 is 6.10 Å². The minimum absolute atomic E-state index is 0.459. The van der Waals surface area contributed by atoms with Crippen LogP contribution in [-0.2, 0) is 0 Å². The molecule has 1 unspecified atom stereocenters. The van der Waals surface area contributed by atoms with Crippen molar-refractivity contribution >= 4 is 23.2 Å². The molecule has 1 aliphatic rings. The minimum Gasteiger partial charge on any atom is -0.387 e. The highest BCUT2D eigenvalue weighted by molar-refractivity contribution is 6.42. The minimum atomic E-state index is -0.492. The second kappa shape index (κ2) is 6.32. The molecule has 1 aromatic carbocycles. The fourth-order valence-electron chi connectivity index (χ4n) is 2.62. The lowest BCUT2D eigenvalue weighted by Crippen LogP contribution is -2.46. The van der Waals surface area contributed by atoms with Crippen molar-refractivity contribution < 1.29 is 5.11 Å². The second-order valence-electron chi connectivity index (χ2n) is 5.39. The van der Waals surface area contributed by atoms with Gasteiger partial charge in [-0.15, -0.1) is 0 Å². The summed E-state index contributed by atoms with van der Waals surface area (Å²) in [6.07, 6.45) is 2.93. The summed E-state index contributed by atoms with van der Waals surface area (Å²) in [5.41, 5.74) is 2.06. The average molecular weight is 323 g/mol. The van der Waals surface area contributed by atoms with Gasteiger partial charge in [0.25, 0.3) is 0 Å². The Kier molecular flexibility index (Phi) is 4.45.